The number of amides is 1. The first kappa shape index (κ1) is 14.7. The Morgan fingerprint density at radius 2 is 2.16 bits per heavy atom. The van der Waals surface area contributed by atoms with E-state index >= 15 is 0 Å². The van der Waals surface area contributed by atoms with Gasteiger partial charge in [-0.1, -0.05) is 13.0 Å². The van der Waals surface area contributed by atoms with Crippen molar-refractivity contribution >= 4 is 11.9 Å². The molecule has 100 valence electrons. The van der Waals surface area contributed by atoms with E-state index in [1.165, 1.54) is 18.1 Å². The van der Waals surface area contributed by atoms with Gasteiger partial charge in [-0.2, -0.15) is 5.26 Å². The standard InChI is InChI=1S/C14H16N2O3/c1-3-7-16(10-13(17)19-2)14(18)12-6-4-5-11(8-12)9-15/h4-6,8H,3,7,10H2,1-2H3. The van der Waals surface area contributed by atoms with E-state index in [4.69, 9.17) is 5.26 Å². The second-order valence-corrected chi connectivity index (χ2v) is 4.00. The van der Waals surface area contributed by atoms with Crippen LogP contribution in [0.2, 0.25) is 0 Å². The SMILES string of the molecule is CCCN(CC(=O)OC)C(=O)c1cccc(C#N)c1. The number of methoxy groups -OCH3 is 1. The van der Waals surface area contributed by atoms with Gasteiger partial charge in [0, 0.05) is 12.1 Å². The quantitative estimate of drug-likeness (QED) is 0.754. The number of nitriles is 1. The fourth-order valence-electron chi connectivity index (χ4n) is 1.65. The van der Waals surface area contributed by atoms with Crippen LogP contribution in [0, 0.1) is 11.3 Å². The second kappa shape index (κ2) is 7.17. The molecule has 0 heterocycles. The van der Waals surface area contributed by atoms with Crippen LogP contribution in [0.3, 0.4) is 0 Å². The van der Waals surface area contributed by atoms with E-state index in [1.54, 1.807) is 18.2 Å². The van der Waals surface area contributed by atoms with Crippen molar-refractivity contribution in [2.75, 3.05) is 20.2 Å². The highest BCUT2D eigenvalue weighted by Gasteiger charge is 2.18. The smallest absolute Gasteiger partial charge is 0.325 e. The molecule has 1 aromatic carbocycles. The zero-order chi connectivity index (χ0) is 14.3. The lowest BCUT2D eigenvalue weighted by molar-refractivity contribution is -0.141. The molecule has 0 N–H and O–H groups in total. The summed E-state index contributed by atoms with van der Waals surface area (Å²) in [6.45, 7) is 2.30. The Balaban J connectivity index is 2.92. The van der Waals surface area contributed by atoms with Crippen LogP contribution < -0.4 is 0 Å². The highest BCUT2D eigenvalue weighted by Crippen LogP contribution is 2.08. The number of hydrogen-bond donors (Lipinski definition) is 0. The van der Waals surface area contributed by atoms with E-state index in [0.29, 0.717) is 17.7 Å². The molecule has 1 rings (SSSR count). The van der Waals surface area contributed by atoms with Crippen LogP contribution in [0.1, 0.15) is 29.3 Å². The Bertz CT molecular complexity index is 506. The van der Waals surface area contributed by atoms with Crippen LogP contribution in [0.15, 0.2) is 24.3 Å². The normalized spacial score (nSPS) is 9.53. The van der Waals surface area contributed by atoms with Crippen molar-refractivity contribution in [1.82, 2.24) is 4.90 Å². The number of carbonyl (C=O) groups is 2. The molecule has 5 heteroatoms. The molecule has 0 saturated carbocycles. The van der Waals surface area contributed by atoms with Gasteiger partial charge in [-0.05, 0) is 24.6 Å². The summed E-state index contributed by atoms with van der Waals surface area (Å²) in [5.74, 6) is -0.734. The molecule has 0 aromatic heterocycles. The molecule has 19 heavy (non-hydrogen) atoms. The Morgan fingerprint density at radius 3 is 2.74 bits per heavy atom. The molecule has 1 amide bonds. The molecule has 1 aromatic rings. The van der Waals surface area contributed by atoms with E-state index in [2.05, 4.69) is 4.74 Å². The van der Waals surface area contributed by atoms with Crippen molar-refractivity contribution in [3.63, 3.8) is 0 Å². The van der Waals surface area contributed by atoms with Crippen molar-refractivity contribution < 1.29 is 14.3 Å². The maximum atomic E-state index is 12.3. The van der Waals surface area contributed by atoms with Crippen molar-refractivity contribution in [1.29, 1.82) is 5.26 Å². The Hall–Kier alpha value is -2.35. The number of benzene rings is 1. The number of nitrogens with zero attached hydrogens (tertiary/aromatic N) is 2. The Morgan fingerprint density at radius 1 is 1.42 bits per heavy atom. The maximum absolute atomic E-state index is 12.3. The van der Waals surface area contributed by atoms with Gasteiger partial charge in [0.05, 0.1) is 18.7 Å². The zero-order valence-corrected chi connectivity index (χ0v) is 11.0. The largest absolute Gasteiger partial charge is 0.468 e. The van der Waals surface area contributed by atoms with Crippen LogP contribution in [0.25, 0.3) is 0 Å². The van der Waals surface area contributed by atoms with Crippen molar-refractivity contribution in [2.24, 2.45) is 0 Å². The first-order valence-electron chi connectivity index (χ1n) is 5.98. The summed E-state index contributed by atoms with van der Waals surface area (Å²) < 4.78 is 4.57. The lowest BCUT2D eigenvalue weighted by Gasteiger charge is -2.20. The molecule has 0 fully saturated rings. The van der Waals surface area contributed by atoms with E-state index < -0.39 is 5.97 Å². The molecular formula is C14H16N2O3. The fourth-order valence-corrected chi connectivity index (χ4v) is 1.65. The van der Waals surface area contributed by atoms with Crippen molar-refractivity contribution in [3.8, 4) is 6.07 Å². The summed E-state index contributed by atoms with van der Waals surface area (Å²) in [4.78, 5) is 25.0. The van der Waals surface area contributed by atoms with Gasteiger partial charge < -0.3 is 9.64 Å². The molecule has 0 aliphatic heterocycles. The summed E-state index contributed by atoms with van der Waals surface area (Å²) in [6, 6.07) is 8.40. The number of esters is 1. The molecule has 0 aliphatic rings. The summed E-state index contributed by atoms with van der Waals surface area (Å²) in [6.07, 6.45) is 0.737. The number of ether oxygens (including phenoxy) is 1. The minimum Gasteiger partial charge on any atom is -0.468 e. The minimum absolute atomic E-state index is 0.0834. The summed E-state index contributed by atoms with van der Waals surface area (Å²) in [5, 5.41) is 8.82. The molecule has 0 saturated heterocycles. The van der Waals surface area contributed by atoms with Gasteiger partial charge >= 0.3 is 5.97 Å². The molecule has 0 bridgehead atoms. The molecular weight excluding hydrogens is 244 g/mol. The minimum atomic E-state index is -0.460. The van der Waals surface area contributed by atoms with Crippen LogP contribution in [-0.2, 0) is 9.53 Å². The highest BCUT2D eigenvalue weighted by atomic mass is 16.5. The summed E-state index contributed by atoms with van der Waals surface area (Å²) in [5.41, 5.74) is 0.816. The lowest BCUT2D eigenvalue weighted by Crippen LogP contribution is -2.36. The van der Waals surface area contributed by atoms with Crippen LogP contribution in [-0.4, -0.2) is 37.0 Å². The summed E-state index contributed by atoms with van der Waals surface area (Å²) >= 11 is 0. The number of rotatable bonds is 5. The molecule has 5 nitrogen and oxygen atoms in total. The van der Waals surface area contributed by atoms with Crippen LogP contribution >= 0.6 is 0 Å². The van der Waals surface area contributed by atoms with Gasteiger partial charge in [-0.25, -0.2) is 0 Å². The van der Waals surface area contributed by atoms with Gasteiger partial charge in [0.15, 0.2) is 0 Å². The van der Waals surface area contributed by atoms with E-state index in [1.807, 2.05) is 13.0 Å². The third-order valence-corrected chi connectivity index (χ3v) is 2.57. The first-order valence-corrected chi connectivity index (χ1v) is 5.98. The van der Waals surface area contributed by atoms with E-state index in [0.717, 1.165) is 6.42 Å². The summed E-state index contributed by atoms with van der Waals surface area (Å²) in [7, 11) is 1.28. The molecule has 0 aliphatic carbocycles. The van der Waals surface area contributed by atoms with Crippen molar-refractivity contribution in [2.45, 2.75) is 13.3 Å². The number of hydrogen-bond acceptors (Lipinski definition) is 4. The average molecular weight is 260 g/mol. The van der Waals surface area contributed by atoms with Gasteiger partial charge in [0.2, 0.25) is 0 Å². The zero-order valence-electron chi connectivity index (χ0n) is 11.0. The lowest BCUT2D eigenvalue weighted by atomic mass is 10.1. The van der Waals surface area contributed by atoms with Gasteiger partial charge in [-0.3, -0.25) is 9.59 Å². The second-order valence-electron chi connectivity index (χ2n) is 4.00. The monoisotopic (exact) mass is 260 g/mol. The van der Waals surface area contributed by atoms with Crippen molar-refractivity contribution in [3.05, 3.63) is 35.4 Å². The molecule has 0 unspecified atom stereocenters. The van der Waals surface area contributed by atoms with Gasteiger partial charge in [0.1, 0.15) is 6.54 Å². The first-order chi connectivity index (χ1) is 9.12. The van der Waals surface area contributed by atoms with Crippen LogP contribution in [0.5, 0.6) is 0 Å². The molecule has 0 radical (unpaired) electrons. The van der Waals surface area contributed by atoms with Gasteiger partial charge in [-0.15, -0.1) is 0 Å². The predicted octanol–water partition coefficient (Wildman–Crippen LogP) is 1.58. The van der Waals surface area contributed by atoms with Crippen LogP contribution in [0.4, 0.5) is 0 Å². The van der Waals surface area contributed by atoms with E-state index in [-0.39, 0.29) is 12.5 Å². The highest BCUT2D eigenvalue weighted by molar-refractivity contribution is 5.96. The Kier molecular flexibility index (Phi) is 5.55. The molecule has 0 atom stereocenters. The predicted molar refractivity (Wildman–Crippen MR) is 69.4 cm³/mol. The fraction of sp³-hybridized carbons (Fsp3) is 0.357. The van der Waals surface area contributed by atoms with E-state index in [9.17, 15) is 9.59 Å². The third kappa shape index (κ3) is 4.11. The average Bonchev–Trinajstić information content (AvgIpc) is 2.45. The molecule has 0 spiro atoms. The maximum Gasteiger partial charge on any atom is 0.325 e. The topological polar surface area (TPSA) is 70.4 Å². The number of carbonyl (C=O) groups excluding carboxylic acids is 2. The Labute approximate surface area is 112 Å². The third-order valence-electron chi connectivity index (χ3n) is 2.57. The van der Waals surface area contributed by atoms with Gasteiger partial charge in [0.25, 0.3) is 5.91 Å².